The Morgan fingerprint density at radius 3 is 1.28 bits per heavy atom. The van der Waals surface area contributed by atoms with Crippen LogP contribution < -0.4 is 11.5 Å². The maximum absolute atomic E-state index is 10.3. The number of carboxylic acids is 2. The Balaban J connectivity index is 0.000000368. The number of hydrogen-bond donors (Lipinski definition) is 6. The van der Waals surface area contributed by atoms with Crippen molar-refractivity contribution < 1.29 is 30.0 Å². The number of aliphatic hydroxyl groups excluding tert-OH is 2. The van der Waals surface area contributed by atoms with E-state index in [-0.39, 0.29) is 24.3 Å². The number of aliphatic hydroxyl groups is 2. The van der Waals surface area contributed by atoms with Gasteiger partial charge in [-0.2, -0.15) is 0 Å². The average Bonchev–Trinajstić information content (AvgIpc) is 2.57. The minimum atomic E-state index is -0.952. The fourth-order valence-corrected chi connectivity index (χ4v) is 1.41. The molecule has 0 bridgehead atoms. The second-order valence-corrected chi connectivity index (χ2v) is 4.66. The smallest absolute Gasteiger partial charge is 0.335 e. The third-order valence-electron chi connectivity index (χ3n) is 2.58. The molecular weight excluding hydrogens is 328 g/mol. The van der Waals surface area contributed by atoms with E-state index in [0.717, 1.165) is 0 Å². The molecule has 0 radical (unpaired) electrons. The van der Waals surface area contributed by atoms with Crippen LogP contribution in [-0.4, -0.2) is 45.6 Å². The van der Waals surface area contributed by atoms with Crippen LogP contribution in [0.25, 0.3) is 0 Å². The van der Waals surface area contributed by atoms with Crippen LogP contribution in [0.15, 0.2) is 48.5 Å². The van der Waals surface area contributed by atoms with Crippen LogP contribution in [-0.2, 0) is 0 Å². The summed E-state index contributed by atoms with van der Waals surface area (Å²) in [5.74, 6) is -1.90. The first-order valence-electron chi connectivity index (χ1n) is 7.21. The van der Waals surface area contributed by atoms with Crippen LogP contribution in [0.2, 0.25) is 0 Å². The molecule has 25 heavy (non-hydrogen) atoms. The molecule has 8 heteroatoms. The Labute approximate surface area is 145 Å². The zero-order chi connectivity index (χ0) is 19.2. The van der Waals surface area contributed by atoms with Crippen molar-refractivity contribution in [2.45, 2.75) is 6.42 Å². The van der Waals surface area contributed by atoms with Crippen LogP contribution in [0.5, 0.6) is 0 Å². The molecule has 0 amide bonds. The number of nitrogen functional groups attached to an aromatic ring is 2. The molecule has 0 unspecified atom stereocenters. The quantitative estimate of drug-likeness (QED) is 0.448. The molecule has 0 aromatic heterocycles. The topological polar surface area (TPSA) is 167 Å². The molecule has 2 rings (SSSR count). The third kappa shape index (κ3) is 10.3. The minimum absolute atomic E-state index is 0.0938. The molecule has 2 aromatic carbocycles. The molecule has 0 aliphatic carbocycles. The largest absolute Gasteiger partial charge is 0.478 e. The van der Waals surface area contributed by atoms with Gasteiger partial charge in [-0.15, -0.1) is 0 Å². The highest BCUT2D eigenvalue weighted by molar-refractivity contribution is 5.89. The Bertz CT molecular complexity index is 618. The number of benzene rings is 2. The van der Waals surface area contributed by atoms with Crippen molar-refractivity contribution in [2.75, 3.05) is 24.7 Å². The van der Waals surface area contributed by atoms with Gasteiger partial charge in [-0.05, 0) is 42.8 Å². The molecule has 0 fully saturated rings. The summed E-state index contributed by atoms with van der Waals surface area (Å²) < 4.78 is 0. The van der Waals surface area contributed by atoms with Gasteiger partial charge in [-0.25, -0.2) is 9.59 Å². The van der Waals surface area contributed by atoms with Crippen LogP contribution in [0.1, 0.15) is 27.1 Å². The normalized spacial score (nSPS) is 9.04. The number of nitrogens with two attached hydrogens (primary N) is 2. The summed E-state index contributed by atoms with van der Waals surface area (Å²) in [5.41, 5.74) is 12.1. The van der Waals surface area contributed by atoms with E-state index in [0.29, 0.717) is 17.8 Å². The molecule has 8 nitrogen and oxygen atoms in total. The Morgan fingerprint density at radius 1 is 0.760 bits per heavy atom. The lowest BCUT2D eigenvalue weighted by Gasteiger charge is -1.93. The summed E-state index contributed by atoms with van der Waals surface area (Å²) >= 11 is 0. The zero-order valence-electron chi connectivity index (χ0n) is 13.5. The first kappa shape index (κ1) is 21.9. The second kappa shape index (κ2) is 12.3. The van der Waals surface area contributed by atoms with Crippen LogP contribution in [0, 0.1) is 0 Å². The highest BCUT2D eigenvalue weighted by atomic mass is 16.4. The van der Waals surface area contributed by atoms with E-state index in [4.69, 9.17) is 31.9 Å². The molecule has 0 heterocycles. The van der Waals surface area contributed by atoms with Crippen molar-refractivity contribution in [1.82, 2.24) is 0 Å². The minimum Gasteiger partial charge on any atom is -0.478 e. The molecule has 0 saturated heterocycles. The first-order valence-corrected chi connectivity index (χ1v) is 7.21. The van der Waals surface area contributed by atoms with E-state index in [1.807, 2.05) is 0 Å². The first-order chi connectivity index (χ1) is 11.8. The Morgan fingerprint density at radius 2 is 1.12 bits per heavy atom. The Hall–Kier alpha value is -3.10. The molecule has 0 atom stereocenters. The predicted molar refractivity (Wildman–Crippen MR) is 94.4 cm³/mol. The summed E-state index contributed by atoms with van der Waals surface area (Å²) in [4.78, 5) is 20.6. The van der Waals surface area contributed by atoms with Gasteiger partial charge in [-0.1, -0.05) is 12.1 Å². The van der Waals surface area contributed by atoms with Crippen LogP contribution in [0.4, 0.5) is 11.4 Å². The summed E-state index contributed by atoms with van der Waals surface area (Å²) in [6, 6.07) is 12.3. The molecule has 136 valence electrons. The molecule has 8 N–H and O–H groups in total. The van der Waals surface area contributed by atoms with E-state index >= 15 is 0 Å². The lowest BCUT2D eigenvalue weighted by atomic mass is 10.2. The number of carboxylic acid groups (broad SMARTS) is 2. The lowest BCUT2D eigenvalue weighted by molar-refractivity contribution is 0.0686. The maximum atomic E-state index is 10.3. The number of anilines is 2. The standard InChI is InChI=1S/2C7H7NO2.C3H8O2/c2*8-6-3-1-2-5(4-6)7(9)10;4-2-1-3-5/h2*1-4H,8H2,(H,9,10);4-5H,1-3H2. The number of aromatic carboxylic acids is 2. The van der Waals surface area contributed by atoms with E-state index in [2.05, 4.69) is 0 Å². The number of rotatable bonds is 4. The molecular formula is C17H22N2O6. The van der Waals surface area contributed by atoms with E-state index < -0.39 is 11.9 Å². The van der Waals surface area contributed by atoms with E-state index in [9.17, 15) is 9.59 Å². The fraction of sp³-hybridized carbons (Fsp3) is 0.176. The predicted octanol–water partition coefficient (Wildman–Crippen LogP) is 1.30. The Kier molecular flexibility index (Phi) is 10.8. The average molecular weight is 350 g/mol. The lowest BCUT2D eigenvalue weighted by Crippen LogP contribution is -1.96. The third-order valence-corrected chi connectivity index (χ3v) is 2.58. The SMILES string of the molecule is Nc1cccc(C(=O)O)c1.Nc1cccc(C(=O)O)c1.OCCCO. The summed E-state index contributed by atoms with van der Waals surface area (Å²) in [7, 11) is 0. The van der Waals surface area contributed by atoms with Crippen molar-refractivity contribution in [3.63, 3.8) is 0 Å². The van der Waals surface area contributed by atoms with Gasteiger partial charge in [0.1, 0.15) is 0 Å². The fourth-order valence-electron chi connectivity index (χ4n) is 1.41. The molecule has 0 saturated carbocycles. The van der Waals surface area contributed by atoms with Gasteiger partial charge in [0.25, 0.3) is 0 Å². The van der Waals surface area contributed by atoms with E-state index in [1.165, 1.54) is 24.3 Å². The summed E-state index contributed by atoms with van der Waals surface area (Å²) in [5, 5.41) is 32.7. The molecule has 0 spiro atoms. The van der Waals surface area contributed by atoms with Crippen LogP contribution >= 0.6 is 0 Å². The highest BCUT2D eigenvalue weighted by Gasteiger charge is 2.00. The van der Waals surface area contributed by atoms with Crippen molar-refractivity contribution >= 4 is 23.3 Å². The summed E-state index contributed by atoms with van der Waals surface area (Å²) in [6.07, 6.45) is 0.500. The van der Waals surface area contributed by atoms with Crippen LogP contribution in [0.3, 0.4) is 0 Å². The highest BCUT2D eigenvalue weighted by Crippen LogP contribution is 2.06. The van der Waals surface area contributed by atoms with Gasteiger partial charge in [-0.3, -0.25) is 0 Å². The van der Waals surface area contributed by atoms with Gasteiger partial charge in [0, 0.05) is 24.6 Å². The van der Waals surface area contributed by atoms with E-state index in [1.54, 1.807) is 24.3 Å². The van der Waals surface area contributed by atoms with Gasteiger partial charge in [0.05, 0.1) is 11.1 Å². The molecule has 2 aromatic rings. The maximum Gasteiger partial charge on any atom is 0.335 e. The van der Waals surface area contributed by atoms with Crippen molar-refractivity contribution in [3.8, 4) is 0 Å². The van der Waals surface area contributed by atoms with Gasteiger partial charge < -0.3 is 31.9 Å². The van der Waals surface area contributed by atoms with Gasteiger partial charge in [0.15, 0.2) is 0 Å². The van der Waals surface area contributed by atoms with Crippen molar-refractivity contribution in [1.29, 1.82) is 0 Å². The zero-order valence-corrected chi connectivity index (χ0v) is 13.5. The molecule has 0 aliphatic heterocycles. The summed E-state index contributed by atoms with van der Waals surface area (Å²) in [6.45, 7) is 0.188. The number of carbonyl (C=O) groups is 2. The molecule has 0 aliphatic rings. The van der Waals surface area contributed by atoms with Crippen molar-refractivity contribution in [2.24, 2.45) is 0 Å². The van der Waals surface area contributed by atoms with Gasteiger partial charge >= 0.3 is 11.9 Å². The monoisotopic (exact) mass is 350 g/mol. The number of hydrogen-bond acceptors (Lipinski definition) is 6. The second-order valence-electron chi connectivity index (χ2n) is 4.66. The van der Waals surface area contributed by atoms with Gasteiger partial charge in [0.2, 0.25) is 0 Å². The van der Waals surface area contributed by atoms with Crippen molar-refractivity contribution in [3.05, 3.63) is 59.7 Å².